The minimum Gasteiger partial charge on any atom is -0.493 e. The zero-order chi connectivity index (χ0) is 11.5. The van der Waals surface area contributed by atoms with Gasteiger partial charge in [0.05, 0.1) is 12.7 Å². The van der Waals surface area contributed by atoms with Crippen LogP contribution in [0.25, 0.3) is 11.4 Å². The summed E-state index contributed by atoms with van der Waals surface area (Å²) in [5.41, 5.74) is 0.563. The maximum absolute atomic E-state index is 13.6. The zero-order valence-corrected chi connectivity index (χ0v) is 10.6. The van der Waals surface area contributed by atoms with Gasteiger partial charge in [0, 0.05) is 16.0 Å². The van der Waals surface area contributed by atoms with E-state index in [1.165, 1.54) is 13.2 Å². The first-order valence-corrected chi connectivity index (χ1v) is 5.60. The van der Waals surface area contributed by atoms with Crippen molar-refractivity contribution >= 4 is 22.6 Å². The van der Waals surface area contributed by atoms with Gasteiger partial charge in [-0.05, 0) is 40.8 Å². The molecule has 82 valence electrons. The SMILES string of the molecule is COc1c(F)cc(I)cc1-c1ncccn1. The minimum atomic E-state index is -0.406. The molecule has 0 saturated carbocycles. The van der Waals surface area contributed by atoms with Gasteiger partial charge in [-0.3, -0.25) is 0 Å². The van der Waals surface area contributed by atoms with Crippen LogP contribution < -0.4 is 4.74 Å². The molecule has 0 radical (unpaired) electrons. The molecule has 1 aromatic carbocycles. The molecule has 0 aliphatic carbocycles. The fourth-order valence-electron chi connectivity index (χ4n) is 1.37. The third-order valence-corrected chi connectivity index (χ3v) is 2.64. The van der Waals surface area contributed by atoms with E-state index in [0.29, 0.717) is 11.4 Å². The Labute approximate surface area is 106 Å². The Balaban J connectivity index is 2.64. The molecular weight excluding hydrogens is 322 g/mol. The van der Waals surface area contributed by atoms with Gasteiger partial charge >= 0.3 is 0 Å². The Bertz CT molecular complexity index is 505. The number of hydrogen-bond donors (Lipinski definition) is 0. The fraction of sp³-hybridized carbons (Fsp3) is 0.0909. The lowest BCUT2D eigenvalue weighted by atomic mass is 10.2. The Hall–Kier alpha value is -1.24. The third-order valence-electron chi connectivity index (χ3n) is 2.02. The molecule has 2 aromatic rings. The molecule has 0 saturated heterocycles. The third kappa shape index (κ3) is 2.13. The van der Waals surface area contributed by atoms with Crippen molar-refractivity contribution in [3.05, 3.63) is 40.0 Å². The number of hydrogen-bond acceptors (Lipinski definition) is 3. The molecule has 0 unspecified atom stereocenters. The van der Waals surface area contributed by atoms with Crippen LogP contribution in [-0.4, -0.2) is 17.1 Å². The number of halogens is 2. The molecule has 16 heavy (non-hydrogen) atoms. The van der Waals surface area contributed by atoms with Crippen LogP contribution >= 0.6 is 22.6 Å². The molecule has 1 aromatic heterocycles. The van der Waals surface area contributed by atoms with Crippen LogP contribution in [0.15, 0.2) is 30.6 Å². The zero-order valence-electron chi connectivity index (χ0n) is 8.45. The largest absolute Gasteiger partial charge is 0.493 e. The highest BCUT2D eigenvalue weighted by molar-refractivity contribution is 14.1. The van der Waals surface area contributed by atoms with Crippen molar-refractivity contribution in [2.24, 2.45) is 0 Å². The van der Waals surface area contributed by atoms with Gasteiger partial charge in [0.15, 0.2) is 17.4 Å². The lowest BCUT2D eigenvalue weighted by Crippen LogP contribution is -1.96. The second-order valence-electron chi connectivity index (χ2n) is 3.04. The molecular formula is C11H8FIN2O. The van der Waals surface area contributed by atoms with E-state index in [9.17, 15) is 4.39 Å². The standard InChI is InChI=1S/C11H8FIN2O/c1-16-10-8(5-7(13)6-9(10)12)11-14-3-2-4-15-11/h2-6H,1H3. The number of benzene rings is 1. The van der Waals surface area contributed by atoms with Crippen molar-refractivity contribution in [2.75, 3.05) is 7.11 Å². The maximum Gasteiger partial charge on any atom is 0.166 e. The molecule has 0 aliphatic heterocycles. The predicted molar refractivity (Wildman–Crippen MR) is 66.7 cm³/mol. The van der Waals surface area contributed by atoms with Crippen LogP contribution in [-0.2, 0) is 0 Å². The smallest absolute Gasteiger partial charge is 0.166 e. The molecule has 3 nitrogen and oxygen atoms in total. The predicted octanol–water partition coefficient (Wildman–Crippen LogP) is 2.90. The van der Waals surface area contributed by atoms with Gasteiger partial charge in [0.2, 0.25) is 0 Å². The first-order valence-electron chi connectivity index (χ1n) is 4.53. The summed E-state index contributed by atoms with van der Waals surface area (Å²) in [6.07, 6.45) is 3.22. The van der Waals surface area contributed by atoms with E-state index in [1.54, 1.807) is 24.5 Å². The highest BCUT2D eigenvalue weighted by Crippen LogP contribution is 2.31. The van der Waals surface area contributed by atoms with Gasteiger partial charge in [-0.2, -0.15) is 0 Å². The highest BCUT2D eigenvalue weighted by Gasteiger charge is 2.14. The molecule has 2 rings (SSSR count). The molecule has 0 amide bonds. The number of ether oxygens (including phenoxy) is 1. The average molecular weight is 330 g/mol. The van der Waals surface area contributed by atoms with Crippen molar-refractivity contribution in [2.45, 2.75) is 0 Å². The molecule has 5 heteroatoms. The Kier molecular flexibility index (Phi) is 3.33. The number of nitrogens with zero attached hydrogens (tertiary/aromatic N) is 2. The van der Waals surface area contributed by atoms with Gasteiger partial charge in [-0.15, -0.1) is 0 Å². The molecule has 0 fully saturated rings. The van der Waals surface area contributed by atoms with Gasteiger partial charge in [0.1, 0.15) is 0 Å². The van der Waals surface area contributed by atoms with E-state index in [0.717, 1.165) is 3.57 Å². The van der Waals surface area contributed by atoms with E-state index >= 15 is 0 Å². The molecule has 1 heterocycles. The van der Waals surface area contributed by atoms with E-state index in [1.807, 2.05) is 22.6 Å². The molecule has 0 atom stereocenters. The topological polar surface area (TPSA) is 35.0 Å². The van der Waals surface area contributed by atoms with Crippen molar-refractivity contribution < 1.29 is 9.13 Å². The van der Waals surface area contributed by atoms with Gasteiger partial charge in [0.25, 0.3) is 0 Å². The van der Waals surface area contributed by atoms with Crippen molar-refractivity contribution in [1.29, 1.82) is 0 Å². The van der Waals surface area contributed by atoms with Crippen LogP contribution in [0.5, 0.6) is 5.75 Å². The Morgan fingerprint density at radius 3 is 2.56 bits per heavy atom. The summed E-state index contributed by atoms with van der Waals surface area (Å²) in [5, 5.41) is 0. The minimum absolute atomic E-state index is 0.173. The summed E-state index contributed by atoms with van der Waals surface area (Å²) in [7, 11) is 1.43. The van der Waals surface area contributed by atoms with Crippen LogP contribution in [0.3, 0.4) is 0 Å². The van der Waals surface area contributed by atoms with Crippen LogP contribution in [0.2, 0.25) is 0 Å². The van der Waals surface area contributed by atoms with Crippen molar-refractivity contribution in [3.8, 4) is 17.1 Å². The first-order chi connectivity index (χ1) is 7.72. The number of rotatable bonds is 2. The molecule has 0 N–H and O–H groups in total. The summed E-state index contributed by atoms with van der Waals surface area (Å²) < 4.78 is 19.4. The molecule has 0 bridgehead atoms. The van der Waals surface area contributed by atoms with E-state index in [-0.39, 0.29) is 5.75 Å². The summed E-state index contributed by atoms with van der Waals surface area (Å²) in [6.45, 7) is 0. The van der Waals surface area contributed by atoms with E-state index < -0.39 is 5.82 Å². The van der Waals surface area contributed by atoms with Crippen LogP contribution in [0, 0.1) is 9.39 Å². The number of methoxy groups -OCH3 is 1. The second-order valence-corrected chi connectivity index (χ2v) is 4.29. The average Bonchev–Trinajstić information content (AvgIpc) is 2.29. The molecule has 0 aliphatic rings. The van der Waals surface area contributed by atoms with Gasteiger partial charge in [-0.25, -0.2) is 14.4 Å². The fourth-order valence-corrected chi connectivity index (χ4v) is 1.96. The highest BCUT2D eigenvalue weighted by atomic mass is 127. The summed E-state index contributed by atoms with van der Waals surface area (Å²) in [4.78, 5) is 8.16. The van der Waals surface area contributed by atoms with Crippen LogP contribution in [0.1, 0.15) is 0 Å². The van der Waals surface area contributed by atoms with Crippen LogP contribution in [0.4, 0.5) is 4.39 Å². The van der Waals surface area contributed by atoms with E-state index in [2.05, 4.69) is 9.97 Å². The Morgan fingerprint density at radius 2 is 1.94 bits per heavy atom. The lowest BCUT2D eigenvalue weighted by Gasteiger charge is -2.08. The second kappa shape index (κ2) is 4.73. The van der Waals surface area contributed by atoms with E-state index in [4.69, 9.17) is 4.74 Å². The monoisotopic (exact) mass is 330 g/mol. The quantitative estimate of drug-likeness (QED) is 0.795. The van der Waals surface area contributed by atoms with Gasteiger partial charge in [-0.1, -0.05) is 0 Å². The lowest BCUT2D eigenvalue weighted by molar-refractivity contribution is 0.388. The maximum atomic E-state index is 13.6. The first kappa shape index (κ1) is 11.3. The normalized spacial score (nSPS) is 10.2. The van der Waals surface area contributed by atoms with Gasteiger partial charge < -0.3 is 4.74 Å². The summed E-state index contributed by atoms with van der Waals surface area (Å²) >= 11 is 2.04. The summed E-state index contributed by atoms with van der Waals surface area (Å²) in [5.74, 6) is 0.222. The number of aromatic nitrogens is 2. The van der Waals surface area contributed by atoms with Crippen molar-refractivity contribution in [1.82, 2.24) is 9.97 Å². The Morgan fingerprint density at radius 1 is 1.25 bits per heavy atom. The summed E-state index contributed by atoms with van der Waals surface area (Å²) in [6, 6.07) is 4.91. The van der Waals surface area contributed by atoms with Crippen molar-refractivity contribution in [3.63, 3.8) is 0 Å². The molecule has 0 spiro atoms.